The fourth-order valence-electron chi connectivity index (χ4n) is 3.21. The van der Waals surface area contributed by atoms with Crippen molar-refractivity contribution in [3.8, 4) is 5.75 Å². The molecule has 0 aliphatic carbocycles. The van der Waals surface area contributed by atoms with E-state index in [1.807, 2.05) is 91.0 Å². The van der Waals surface area contributed by atoms with Crippen LogP contribution in [0.3, 0.4) is 0 Å². The third-order valence-electron chi connectivity index (χ3n) is 4.72. The van der Waals surface area contributed by atoms with Gasteiger partial charge in [-0.25, -0.2) is 8.57 Å². The minimum Gasteiger partial charge on any atom is -0.489 e. The predicted octanol–water partition coefficient (Wildman–Crippen LogP) is 5.67. The Kier molecular flexibility index (Phi) is 7.65. The van der Waals surface area contributed by atoms with Gasteiger partial charge in [0.2, 0.25) is 10.0 Å². The molecule has 0 radical (unpaired) electrons. The van der Waals surface area contributed by atoms with Crippen LogP contribution in [0.2, 0.25) is 0 Å². The second-order valence-corrected chi connectivity index (χ2v) is 8.60. The minimum absolute atomic E-state index is 0. The van der Waals surface area contributed by atoms with Gasteiger partial charge in [-0.15, -0.1) is 12.4 Å². The van der Waals surface area contributed by atoms with Crippen molar-refractivity contribution in [2.75, 3.05) is 0 Å². The molecule has 0 aliphatic rings. The van der Waals surface area contributed by atoms with Gasteiger partial charge >= 0.3 is 0 Å². The third kappa shape index (κ3) is 5.42. The van der Waals surface area contributed by atoms with Gasteiger partial charge in [0.1, 0.15) is 12.4 Å². The van der Waals surface area contributed by atoms with Crippen LogP contribution in [-0.4, -0.2) is 4.21 Å². The Morgan fingerprint density at radius 3 is 2.29 bits per heavy atom. The maximum Gasteiger partial charge on any atom is 0.210 e. The Balaban J connectivity index is 0.00000272. The van der Waals surface area contributed by atoms with Gasteiger partial charge in [-0.3, -0.25) is 0 Å². The molecule has 1 unspecified atom stereocenters. The number of nitrogens with two attached hydrogens (primary N) is 1. The SMILES string of the molecule is Cl.NOS(=O)(=NCc1cccc(OCc2ccccc2)c1)c1cccc2ccccc12. The lowest BCUT2D eigenvalue weighted by Crippen LogP contribution is -2.12. The molecule has 0 amide bonds. The van der Waals surface area contributed by atoms with Crippen LogP contribution in [0.1, 0.15) is 11.1 Å². The number of halogens is 1. The van der Waals surface area contributed by atoms with E-state index in [2.05, 4.69) is 4.36 Å². The molecular formula is C24H23ClN2O3S. The van der Waals surface area contributed by atoms with Gasteiger partial charge in [-0.05, 0) is 34.7 Å². The van der Waals surface area contributed by atoms with Crippen molar-refractivity contribution in [1.82, 2.24) is 0 Å². The average molecular weight is 455 g/mol. The Labute approximate surface area is 188 Å². The molecule has 5 nitrogen and oxygen atoms in total. The molecule has 2 N–H and O–H groups in total. The Bertz CT molecular complexity index is 1270. The number of benzene rings is 4. The van der Waals surface area contributed by atoms with Crippen LogP contribution in [-0.2, 0) is 27.4 Å². The molecule has 0 aliphatic heterocycles. The maximum atomic E-state index is 13.4. The maximum absolute atomic E-state index is 13.4. The number of rotatable bonds is 7. The molecule has 4 aromatic rings. The zero-order valence-corrected chi connectivity index (χ0v) is 18.4. The molecule has 0 heterocycles. The minimum atomic E-state index is -3.24. The summed E-state index contributed by atoms with van der Waals surface area (Å²) < 4.78 is 28.5. The van der Waals surface area contributed by atoms with Crippen molar-refractivity contribution in [3.63, 3.8) is 0 Å². The highest BCUT2D eigenvalue weighted by Crippen LogP contribution is 2.26. The Hall–Kier alpha value is -2.90. The molecule has 1 atom stereocenters. The van der Waals surface area contributed by atoms with E-state index in [1.54, 1.807) is 6.07 Å². The van der Waals surface area contributed by atoms with Crippen LogP contribution in [0.5, 0.6) is 5.75 Å². The van der Waals surface area contributed by atoms with Crippen LogP contribution in [0.4, 0.5) is 0 Å². The Morgan fingerprint density at radius 1 is 0.806 bits per heavy atom. The van der Waals surface area contributed by atoms with Crippen LogP contribution in [0, 0.1) is 0 Å². The van der Waals surface area contributed by atoms with Crippen LogP contribution in [0.15, 0.2) is 106 Å². The lowest BCUT2D eigenvalue weighted by Gasteiger charge is -2.11. The number of nitrogens with zero attached hydrogens (tertiary/aromatic N) is 1. The van der Waals surface area contributed by atoms with E-state index < -0.39 is 10.0 Å². The molecule has 31 heavy (non-hydrogen) atoms. The van der Waals surface area contributed by atoms with E-state index in [0.717, 1.165) is 27.6 Å². The van der Waals surface area contributed by atoms with E-state index in [-0.39, 0.29) is 19.0 Å². The first-order valence-electron chi connectivity index (χ1n) is 9.53. The first kappa shape index (κ1) is 22.8. The summed E-state index contributed by atoms with van der Waals surface area (Å²) in [5.74, 6) is 6.16. The summed E-state index contributed by atoms with van der Waals surface area (Å²) in [7, 11) is -3.24. The zero-order valence-electron chi connectivity index (χ0n) is 16.7. The fraction of sp³-hybridized carbons (Fsp3) is 0.0833. The molecule has 160 valence electrons. The molecule has 0 fully saturated rings. The quantitative estimate of drug-likeness (QED) is 0.365. The highest BCUT2D eigenvalue weighted by atomic mass is 35.5. The predicted molar refractivity (Wildman–Crippen MR) is 126 cm³/mol. The summed E-state index contributed by atoms with van der Waals surface area (Å²) in [4.78, 5) is 0.472. The largest absolute Gasteiger partial charge is 0.489 e. The van der Waals surface area contributed by atoms with Gasteiger partial charge in [-0.1, -0.05) is 78.9 Å². The van der Waals surface area contributed by atoms with E-state index >= 15 is 0 Å². The highest BCUT2D eigenvalue weighted by molar-refractivity contribution is 7.89. The van der Waals surface area contributed by atoms with Gasteiger partial charge in [0.05, 0.1) is 11.4 Å². The fourth-order valence-corrected chi connectivity index (χ4v) is 4.54. The van der Waals surface area contributed by atoms with Gasteiger partial charge in [0.25, 0.3) is 0 Å². The van der Waals surface area contributed by atoms with E-state index in [1.165, 1.54) is 0 Å². The van der Waals surface area contributed by atoms with E-state index in [4.69, 9.17) is 14.9 Å². The number of hydrogen-bond acceptors (Lipinski definition) is 5. The molecule has 0 spiro atoms. The van der Waals surface area contributed by atoms with Crippen molar-refractivity contribution in [2.24, 2.45) is 10.3 Å². The van der Waals surface area contributed by atoms with Crippen LogP contribution >= 0.6 is 12.4 Å². The van der Waals surface area contributed by atoms with Gasteiger partial charge < -0.3 is 4.74 Å². The second kappa shape index (κ2) is 10.4. The molecule has 7 heteroatoms. The van der Waals surface area contributed by atoms with Gasteiger partial charge in [0, 0.05) is 5.39 Å². The van der Waals surface area contributed by atoms with Crippen LogP contribution in [0.25, 0.3) is 10.8 Å². The number of ether oxygens (including phenoxy) is 1. The lowest BCUT2D eigenvalue weighted by molar-refractivity contribution is 0.306. The van der Waals surface area contributed by atoms with Crippen LogP contribution < -0.4 is 10.6 Å². The third-order valence-corrected chi connectivity index (χ3v) is 6.36. The van der Waals surface area contributed by atoms with E-state index in [0.29, 0.717) is 11.5 Å². The zero-order chi connectivity index (χ0) is 20.8. The first-order valence-corrected chi connectivity index (χ1v) is 11.0. The molecular weight excluding hydrogens is 432 g/mol. The van der Waals surface area contributed by atoms with Crippen molar-refractivity contribution in [2.45, 2.75) is 18.0 Å². The first-order chi connectivity index (χ1) is 14.7. The Morgan fingerprint density at radius 2 is 1.48 bits per heavy atom. The van der Waals surface area contributed by atoms with E-state index in [9.17, 15) is 4.21 Å². The molecule has 0 bridgehead atoms. The second-order valence-electron chi connectivity index (χ2n) is 6.76. The summed E-state index contributed by atoms with van der Waals surface area (Å²) in [6.07, 6.45) is 0. The summed E-state index contributed by atoms with van der Waals surface area (Å²) in [5, 5.41) is 1.76. The van der Waals surface area contributed by atoms with Crippen molar-refractivity contribution >= 4 is 33.2 Å². The smallest absolute Gasteiger partial charge is 0.210 e. The number of fused-ring (bicyclic) bond motifs is 1. The monoisotopic (exact) mass is 454 g/mol. The molecule has 0 aromatic heterocycles. The molecule has 0 saturated heterocycles. The lowest BCUT2D eigenvalue weighted by atomic mass is 10.1. The summed E-state index contributed by atoms with van der Waals surface area (Å²) in [6.45, 7) is 0.655. The number of hydrogen-bond donors (Lipinski definition) is 1. The van der Waals surface area contributed by atoms with Gasteiger partial charge in [-0.2, -0.15) is 10.2 Å². The molecule has 4 aromatic carbocycles. The van der Waals surface area contributed by atoms with Crippen molar-refractivity contribution in [1.29, 1.82) is 0 Å². The summed E-state index contributed by atoms with van der Waals surface area (Å²) >= 11 is 0. The summed E-state index contributed by atoms with van der Waals surface area (Å²) in [5.41, 5.74) is 1.94. The highest BCUT2D eigenvalue weighted by Gasteiger charge is 2.16. The summed E-state index contributed by atoms with van der Waals surface area (Å²) in [6, 6.07) is 30.6. The normalized spacial score (nSPS) is 12.5. The topological polar surface area (TPSA) is 73.9 Å². The van der Waals surface area contributed by atoms with Crippen molar-refractivity contribution in [3.05, 3.63) is 108 Å². The van der Waals surface area contributed by atoms with Crippen molar-refractivity contribution < 1.29 is 13.2 Å². The molecule has 4 rings (SSSR count). The van der Waals surface area contributed by atoms with Gasteiger partial charge in [0.15, 0.2) is 0 Å². The average Bonchev–Trinajstić information content (AvgIpc) is 2.82. The standard InChI is InChI=1S/C24H22N2O3S.ClH/c25-29-30(27,24-15-7-12-21-11-4-5-14-23(21)24)26-17-20-10-6-13-22(16-20)28-18-19-8-2-1-3-9-19;/h1-16H,17-18,25H2;1H. The molecule has 0 saturated carbocycles.